The number of hydrogen-bond acceptors (Lipinski definition) is 3. The smallest absolute Gasteiger partial charge is 0.325 e. The van der Waals surface area contributed by atoms with Crippen LogP contribution in [0.2, 0.25) is 0 Å². The number of carbonyl (C=O) groups excluding carboxylic acids is 1. The molecule has 4 nitrogen and oxygen atoms in total. The highest BCUT2D eigenvalue weighted by Gasteiger charge is 2.11. The van der Waals surface area contributed by atoms with E-state index in [1.54, 1.807) is 43.3 Å². The fourth-order valence-electron chi connectivity index (χ4n) is 1.79. The Morgan fingerprint density at radius 2 is 1.50 bits per heavy atom. The molecular weight excluding hydrogens is 254 g/mol. The lowest BCUT2D eigenvalue weighted by Crippen LogP contribution is -2.25. The first-order chi connectivity index (χ1) is 9.58. The SMILES string of the molecule is CC(Nc1ccc(C(=O)c2ccccc2)cc1)C(=O)O. The maximum atomic E-state index is 12.2. The van der Waals surface area contributed by atoms with E-state index in [2.05, 4.69) is 5.32 Å². The van der Waals surface area contributed by atoms with Crippen LogP contribution >= 0.6 is 0 Å². The molecule has 2 aromatic carbocycles. The van der Waals surface area contributed by atoms with Crippen molar-refractivity contribution in [2.45, 2.75) is 13.0 Å². The fraction of sp³-hybridized carbons (Fsp3) is 0.125. The van der Waals surface area contributed by atoms with Crippen molar-refractivity contribution in [2.24, 2.45) is 0 Å². The number of carboxylic acids is 1. The number of anilines is 1. The molecule has 2 N–H and O–H groups in total. The van der Waals surface area contributed by atoms with Gasteiger partial charge in [-0.1, -0.05) is 30.3 Å². The van der Waals surface area contributed by atoms with E-state index in [1.807, 2.05) is 18.2 Å². The Kier molecular flexibility index (Phi) is 4.15. The lowest BCUT2D eigenvalue weighted by molar-refractivity contribution is -0.137. The first-order valence-electron chi connectivity index (χ1n) is 6.27. The van der Waals surface area contributed by atoms with Gasteiger partial charge in [0, 0.05) is 16.8 Å². The first-order valence-corrected chi connectivity index (χ1v) is 6.27. The van der Waals surface area contributed by atoms with Crippen LogP contribution < -0.4 is 5.32 Å². The zero-order valence-electron chi connectivity index (χ0n) is 11.0. The molecule has 0 aliphatic carbocycles. The summed E-state index contributed by atoms with van der Waals surface area (Å²) >= 11 is 0. The Hall–Kier alpha value is -2.62. The van der Waals surface area contributed by atoms with Gasteiger partial charge < -0.3 is 10.4 Å². The van der Waals surface area contributed by atoms with Gasteiger partial charge >= 0.3 is 5.97 Å². The fourth-order valence-corrected chi connectivity index (χ4v) is 1.79. The van der Waals surface area contributed by atoms with Crippen molar-refractivity contribution in [2.75, 3.05) is 5.32 Å². The van der Waals surface area contributed by atoms with Crippen molar-refractivity contribution in [1.29, 1.82) is 0 Å². The highest BCUT2D eigenvalue weighted by Crippen LogP contribution is 2.14. The molecule has 0 aliphatic heterocycles. The molecule has 20 heavy (non-hydrogen) atoms. The van der Waals surface area contributed by atoms with E-state index in [1.165, 1.54) is 0 Å². The largest absolute Gasteiger partial charge is 0.480 e. The Morgan fingerprint density at radius 1 is 0.950 bits per heavy atom. The second kappa shape index (κ2) is 6.02. The maximum Gasteiger partial charge on any atom is 0.325 e. The molecule has 0 amide bonds. The monoisotopic (exact) mass is 269 g/mol. The van der Waals surface area contributed by atoms with Crippen molar-refractivity contribution in [1.82, 2.24) is 0 Å². The van der Waals surface area contributed by atoms with Crippen LogP contribution in [0, 0.1) is 0 Å². The molecule has 102 valence electrons. The molecular formula is C16H15NO3. The van der Waals surface area contributed by atoms with Gasteiger partial charge in [0.25, 0.3) is 0 Å². The van der Waals surface area contributed by atoms with E-state index in [9.17, 15) is 9.59 Å². The van der Waals surface area contributed by atoms with Gasteiger partial charge in [-0.25, -0.2) is 0 Å². The summed E-state index contributed by atoms with van der Waals surface area (Å²) in [6, 6.07) is 15.1. The summed E-state index contributed by atoms with van der Waals surface area (Å²) in [5.74, 6) is -0.974. The molecule has 0 fully saturated rings. The minimum atomic E-state index is -0.922. The first kappa shape index (κ1) is 13.8. The quantitative estimate of drug-likeness (QED) is 0.819. The van der Waals surface area contributed by atoms with Crippen LogP contribution in [0.25, 0.3) is 0 Å². The van der Waals surface area contributed by atoms with Gasteiger partial charge in [-0.05, 0) is 31.2 Å². The molecule has 2 aromatic rings. The van der Waals surface area contributed by atoms with Crippen LogP contribution in [-0.4, -0.2) is 22.9 Å². The third-order valence-electron chi connectivity index (χ3n) is 2.94. The van der Waals surface area contributed by atoms with E-state index in [4.69, 9.17) is 5.11 Å². The van der Waals surface area contributed by atoms with E-state index in [-0.39, 0.29) is 5.78 Å². The normalized spacial score (nSPS) is 11.7. The van der Waals surface area contributed by atoms with Gasteiger partial charge in [0.15, 0.2) is 5.78 Å². The Labute approximate surface area is 117 Å². The molecule has 1 unspecified atom stereocenters. The number of nitrogens with one attached hydrogen (secondary N) is 1. The van der Waals surface area contributed by atoms with Crippen LogP contribution in [0.15, 0.2) is 54.6 Å². The van der Waals surface area contributed by atoms with Gasteiger partial charge in [-0.3, -0.25) is 9.59 Å². The van der Waals surface area contributed by atoms with E-state index in [0.717, 1.165) is 0 Å². The van der Waals surface area contributed by atoms with Crippen molar-refractivity contribution < 1.29 is 14.7 Å². The van der Waals surface area contributed by atoms with Crippen LogP contribution in [0.5, 0.6) is 0 Å². The van der Waals surface area contributed by atoms with Crippen LogP contribution in [0.3, 0.4) is 0 Å². The average molecular weight is 269 g/mol. The summed E-state index contributed by atoms with van der Waals surface area (Å²) in [6.45, 7) is 1.56. The van der Waals surface area contributed by atoms with Gasteiger partial charge in [0.2, 0.25) is 0 Å². The standard InChI is InChI=1S/C16H15NO3/c1-11(16(19)20)17-14-9-7-13(8-10-14)15(18)12-5-3-2-4-6-12/h2-11,17H,1H3,(H,19,20). The predicted molar refractivity (Wildman–Crippen MR) is 77.0 cm³/mol. The molecule has 0 aliphatic rings. The Bertz CT molecular complexity index is 605. The Balaban J connectivity index is 2.12. The molecule has 0 radical (unpaired) electrons. The van der Waals surface area contributed by atoms with Gasteiger partial charge in [-0.15, -0.1) is 0 Å². The average Bonchev–Trinajstić information content (AvgIpc) is 2.48. The van der Waals surface area contributed by atoms with Crippen molar-refractivity contribution in [3.8, 4) is 0 Å². The predicted octanol–water partition coefficient (Wildman–Crippen LogP) is 2.80. The van der Waals surface area contributed by atoms with Crippen LogP contribution in [0.1, 0.15) is 22.8 Å². The van der Waals surface area contributed by atoms with E-state index >= 15 is 0 Å². The summed E-state index contributed by atoms with van der Waals surface area (Å²) in [5, 5.41) is 11.7. The number of rotatable bonds is 5. The second-order valence-corrected chi connectivity index (χ2v) is 4.48. The minimum absolute atomic E-state index is 0.0524. The molecule has 0 spiro atoms. The molecule has 1 atom stereocenters. The third-order valence-corrected chi connectivity index (χ3v) is 2.94. The molecule has 0 heterocycles. The minimum Gasteiger partial charge on any atom is -0.480 e. The van der Waals surface area contributed by atoms with E-state index in [0.29, 0.717) is 16.8 Å². The van der Waals surface area contributed by atoms with Crippen LogP contribution in [-0.2, 0) is 4.79 Å². The number of aliphatic carboxylic acids is 1. The highest BCUT2D eigenvalue weighted by molar-refractivity contribution is 6.09. The molecule has 4 heteroatoms. The third kappa shape index (κ3) is 3.23. The van der Waals surface area contributed by atoms with Gasteiger partial charge in [0.1, 0.15) is 6.04 Å². The number of hydrogen-bond donors (Lipinski definition) is 2. The summed E-state index contributed by atoms with van der Waals surface area (Å²) in [6.07, 6.45) is 0. The van der Waals surface area contributed by atoms with Gasteiger partial charge in [0.05, 0.1) is 0 Å². The molecule has 0 saturated heterocycles. The number of benzene rings is 2. The summed E-state index contributed by atoms with van der Waals surface area (Å²) < 4.78 is 0. The molecule has 0 aromatic heterocycles. The Morgan fingerprint density at radius 3 is 2.05 bits per heavy atom. The zero-order chi connectivity index (χ0) is 14.5. The number of carbonyl (C=O) groups is 2. The van der Waals surface area contributed by atoms with Crippen LogP contribution in [0.4, 0.5) is 5.69 Å². The number of carboxylic acid groups (broad SMARTS) is 1. The summed E-state index contributed by atoms with van der Waals surface area (Å²) in [4.78, 5) is 22.9. The summed E-state index contributed by atoms with van der Waals surface area (Å²) in [5.41, 5.74) is 1.88. The van der Waals surface area contributed by atoms with Crippen molar-refractivity contribution in [3.63, 3.8) is 0 Å². The topological polar surface area (TPSA) is 66.4 Å². The number of ketones is 1. The molecule has 0 saturated carbocycles. The van der Waals surface area contributed by atoms with E-state index < -0.39 is 12.0 Å². The van der Waals surface area contributed by atoms with Crippen molar-refractivity contribution in [3.05, 3.63) is 65.7 Å². The molecule has 2 rings (SSSR count). The second-order valence-electron chi connectivity index (χ2n) is 4.48. The molecule has 0 bridgehead atoms. The summed E-state index contributed by atoms with van der Waals surface area (Å²) in [7, 11) is 0. The zero-order valence-corrected chi connectivity index (χ0v) is 11.0. The van der Waals surface area contributed by atoms with Gasteiger partial charge in [-0.2, -0.15) is 0 Å². The lowest BCUT2D eigenvalue weighted by atomic mass is 10.0. The lowest BCUT2D eigenvalue weighted by Gasteiger charge is -2.11. The maximum absolute atomic E-state index is 12.2. The van der Waals surface area contributed by atoms with Crippen molar-refractivity contribution >= 4 is 17.4 Å². The highest BCUT2D eigenvalue weighted by atomic mass is 16.4.